The number of rotatable bonds is 6. The van der Waals surface area contributed by atoms with Crippen LogP contribution < -0.4 is 0 Å². The van der Waals surface area contributed by atoms with Crippen molar-refractivity contribution < 1.29 is 4.39 Å². The second kappa shape index (κ2) is 7.51. The molecule has 0 aliphatic rings. The lowest BCUT2D eigenvalue weighted by Crippen LogP contribution is -2.24. The van der Waals surface area contributed by atoms with Crippen molar-refractivity contribution in [2.45, 2.75) is 26.4 Å². The quantitative estimate of drug-likeness (QED) is 0.815. The first-order valence-corrected chi connectivity index (χ1v) is 6.92. The van der Waals surface area contributed by atoms with Crippen molar-refractivity contribution in [1.29, 1.82) is 5.26 Å². The summed E-state index contributed by atoms with van der Waals surface area (Å²) in [5, 5.41) is 8.79. The average molecular weight is 283 g/mol. The molecule has 0 saturated heterocycles. The van der Waals surface area contributed by atoms with Crippen molar-refractivity contribution >= 4 is 0 Å². The molecule has 4 heteroatoms. The third-order valence-corrected chi connectivity index (χ3v) is 3.30. The van der Waals surface area contributed by atoms with Crippen LogP contribution in [0.4, 0.5) is 4.39 Å². The van der Waals surface area contributed by atoms with Crippen molar-refractivity contribution in [3.05, 3.63) is 65.2 Å². The van der Waals surface area contributed by atoms with E-state index in [1.54, 1.807) is 19.2 Å². The van der Waals surface area contributed by atoms with Gasteiger partial charge < -0.3 is 0 Å². The molecule has 21 heavy (non-hydrogen) atoms. The highest BCUT2D eigenvalue weighted by molar-refractivity contribution is 5.24. The first-order valence-electron chi connectivity index (χ1n) is 6.92. The van der Waals surface area contributed by atoms with Gasteiger partial charge in [-0.1, -0.05) is 18.2 Å². The van der Waals surface area contributed by atoms with Crippen molar-refractivity contribution in [1.82, 2.24) is 9.88 Å². The zero-order valence-corrected chi connectivity index (χ0v) is 12.1. The molecular formula is C17H18FN3. The minimum atomic E-state index is -0.186. The predicted octanol–water partition coefficient (Wildman–Crippen LogP) is 3.45. The summed E-state index contributed by atoms with van der Waals surface area (Å²) in [6.45, 7) is 3.87. The van der Waals surface area contributed by atoms with E-state index in [2.05, 4.69) is 16.0 Å². The van der Waals surface area contributed by atoms with Gasteiger partial charge >= 0.3 is 0 Å². The Balaban J connectivity index is 2.08. The molecule has 0 aliphatic heterocycles. The molecule has 0 unspecified atom stereocenters. The Morgan fingerprint density at radius 2 is 2.05 bits per heavy atom. The highest BCUT2D eigenvalue weighted by Gasteiger charge is 2.08. The zero-order chi connectivity index (χ0) is 15.1. The van der Waals surface area contributed by atoms with Crippen LogP contribution in [0.3, 0.4) is 0 Å². The van der Waals surface area contributed by atoms with Gasteiger partial charge in [0.2, 0.25) is 0 Å². The first-order chi connectivity index (χ1) is 10.2. The van der Waals surface area contributed by atoms with Crippen molar-refractivity contribution in [3.63, 3.8) is 0 Å². The molecule has 2 aromatic rings. The van der Waals surface area contributed by atoms with Gasteiger partial charge in [-0.3, -0.25) is 9.88 Å². The molecule has 2 rings (SSSR count). The topological polar surface area (TPSA) is 39.9 Å². The van der Waals surface area contributed by atoms with E-state index in [-0.39, 0.29) is 5.82 Å². The monoisotopic (exact) mass is 283 g/mol. The van der Waals surface area contributed by atoms with Crippen LogP contribution in [-0.4, -0.2) is 16.4 Å². The number of aromatic nitrogens is 1. The second-order valence-electron chi connectivity index (χ2n) is 5.06. The Morgan fingerprint density at radius 3 is 2.71 bits per heavy atom. The molecule has 0 atom stereocenters. The Morgan fingerprint density at radius 1 is 1.24 bits per heavy atom. The SMILES string of the molecule is Cc1cc(CN(CCC#N)Cc2cccnc2)ccc1F. The summed E-state index contributed by atoms with van der Waals surface area (Å²) in [4.78, 5) is 6.28. The van der Waals surface area contributed by atoms with Gasteiger partial charge in [-0.05, 0) is 35.7 Å². The Labute approximate surface area is 124 Å². The van der Waals surface area contributed by atoms with Crippen LogP contribution in [0.25, 0.3) is 0 Å². The van der Waals surface area contributed by atoms with E-state index in [0.717, 1.165) is 17.7 Å². The normalized spacial score (nSPS) is 10.6. The maximum atomic E-state index is 13.3. The van der Waals surface area contributed by atoms with Gasteiger partial charge in [0, 0.05) is 38.4 Å². The molecule has 0 fully saturated rings. The molecule has 1 heterocycles. The second-order valence-corrected chi connectivity index (χ2v) is 5.06. The lowest BCUT2D eigenvalue weighted by atomic mass is 10.1. The molecule has 0 amide bonds. The largest absolute Gasteiger partial charge is 0.294 e. The van der Waals surface area contributed by atoms with Gasteiger partial charge in [-0.25, -0.2) is 4.39 Å². The van der Waals surface area contributed by atoms with Gasteiger partial charge in [0.1, 0.15) is 5.82 Å². The fourth-order valence-corrected chi connectivity index (χ4v) is 2.24. The number of nitriles is 1. The number of hydrogen-bond acceptors (Lipinski definition) is 3. The van der Waals surface area contributed by atoms with Crippen LogP contribution in [0.2, 0.25) is 0 Å². The maximum absolute atomic E-state index is 13.3. The van der Waals surface area contributed by atoms with Crippen LogP contribution >= 0.6 is 0 Å². The van der Waals surface area contributed by atoms with Crippen molar-refractivity contribution in [2.75, 3.05) is 6.54 Å². The molecule has 1 aromatic carbocycles. The molecule has 0 N–H and O–H groups in total. The highest BCUT2D eigenvalue weighted by atomic mass is 19.1. The molecule has 0 radical (unpaired) electrons. The number of hydrogen-bond donors (Lipinski definition) is 0. The van der Waals surface area contributed by atoms with Crippen LogP contribution in [0.15, 0.2) is 42.7 Å². The summed E-state index contributed by atoms with van der Waals surface area (Å²) in [6.07, 6.45) is 4.04. The van der Waals surface area contributed by atoms with Crippen molar-refractivity contribution in [3.8, 4) is 6.07 Å². The van der Waals surface area contributed by atoms with Gasteiger partial charge in [0.25, 0.3) is 0 Å². The summed E-state index contributed by atoms with van der Waals surface area (Å²) in [6, 6.07) is 11.2. The van der Waals surface area contributed by atoms with E-state index in [0.29, 0.717) is 25.1 Å². The Bertz CT molecular complexity index is 620. The number of aryl methyl sites for hydroxylation is 1. The standard InChI is InChI=1S/C17H18FN3/c1-14-10-15(5-6-17(14)18)12-21(9-3-7-19)13-16-4-2-8-20-11-16/h2,4-6,8,10-11H,3,9,12-13H2,1H3. The lowest BCUT2D eigenvalue weighted by molar-refractivity contribution is 0.262. The zero-order valence-electron chi connectivity index (χ0n) is 12.1. The number of pyridine rings is 1. The van der Waals surface area contributed by atoms with E-state index in [9.17, 15) is 4.39 Å². The number of nitrogens with zero attached hydrogens (tertiary/aromatic N) is 3. The first kappa shape index (κ1) is 15.1. The molecule has 1 aromatic heterocycles. The molecule has 0 bridgehead atoms. The van der Waals surface area contributed by atoms with E-state index >= 15 is 0 Å². The summed E-state index contributed by atoms with van der Waals surface area (Å²) in [5.41, 5.74) is 2.80. The summed E-state index contributed by atoms with van der Waals surface area (Å²) >= 11 is 0. The van der Waals surface area contributed by atoms with Gasteiger partial charge in [-0.15, -0.1) is 0 Å². The molecular weight excluding hydrogens is 265 g/mol. The van der Waals surface area contributed by atoms with Crippen LogP contribution in [0, 0.1) is 24.1 Å². The summed E-state index contributed by atoms with van der Waals surface area (Å²) in [5.74, 6) is -0.186. The fraction of sp³-hybridized carbons (Fsp3) is 0.294. The molecule has 0 aliphatic carbocycles. The third-order valence-electron chi connectivity index (χ3n) is 3.30. The van der Waals surface area contributed by atoms with Gasteiger partial charge in [0.05, 0.1) is 6.07 Å². The van der Waals surface area contributed by atoms with Gasteiger partial charge in [0.15, 0.2) is 0 Å². The Hall–Kier alpha value is -2.25. The van der Waals surface area contributed by atoms with E-state index in [1.165, 1.54) is 6.07 Å². The predicted molar refractivity (Wildman–Crippen MR) is 79.7 cm³/mol. The maximum Gasteiger partial charge on any atom is 0.126 e. The van der Waals surface area contributed by atoms with E-state index in [4.69, 9.17) is 5.26 Å². The lowest BCUT2D eigenvalue weighted by Gasteiger charge is -2.21. The van der Waals surface area contributed by atoms with E-state index < -0.39 is 0 Å². The molecule has 108 valence electrons. The smallest absolute Gasteiger partial charge is 0.126 e. The molecule has 0 saturated carbocycles. The minimum Gasteiger partial charge on any atom is -0.294 e. The minimum absolute atomic E-state index is 0.186. The number of halogens is 1. The Kier molecular flexibility index (Phi) is 5.42. The van der Waals surface area contributed by atoms with E-state index in [1.807, 2.05) is 24.4 Å². The van der Waals surface area contributed by atoms with Gasteiger partial charge in [-0.2, -0.15) is 5.26 Å². The third kappa shape index (κ3) is 4.66. The average Bonchev–Trinajstić information content (AvgIpc) is 2.49. The van der Waals surface area contributed by atoms with Crippen LogP contribution in [0.5, 0.6) is 0 Å². The molecule has 0 spiro atoms. The summed E-state index contributed by atoms with van der Waals surface area (Å²) < 4.78 is 13.3. The van der Waals surface area contributed by atoms with Crippen molar-refractivity contribution in [2.24, 2.45) is 0 Å². The number of benzene rings is 1. The summed E-state index contributed by atoms with van der Waals surface area (Å²) in [7, 11) is 0. The van der Waals surface area contributed by atoms with Crippen LogP contribution in [-0.2, 0) is 13.1 Å². The molecule has 3 nitrogen and oxygen atoms in total. The fourth-order valence-electron chi connectivity index (χ4n) is 2.24. The highest BCUT2D eigenvalue weighted by Crippen LogP contribution is 2.13. The van der Waals surface area contributed by atoms with Crippen LogP contribution in [0.1, 0.15) is 23.1 Å².